The second kappa shape index (κ2) is 6.11. The van der Waals surface area contributed by atoms with Gasteiger partial charge in [-0.1, -0.05) is 25.1 Å². The van der Waals surface area contributed by atoms with Gasteiger partial charge in [-0.05, 0) is 26.3 Å². The molecule has 0 unspecified atom stereocenters. The molecule has 0 bridgehead atoms. The molecule has 0 radical (unpaired) electrons. The van der Waals surface area contributed by atoms with Crippen LogP contribution < -0.4 is 10.9 Å². The van der Waals surface area contributed by atoms with Crippen molar-refractivity contribution in [3.8, 4) is 0 Å². The Hall–Kier alpha value is -2.63. The fraction of sp³-hybridized carbons (Fsp3) is 0.389. The number of hydrogen-bond donors (Lipinski definition) is 1. The van der Waals surface area contributed by atoms with E-state index in [1.807, 2.05) is 49.6 Å². The van der Waals surface area contributed by atoms with E-state index in [4.69, 9.17) is 0 Å². The van der Waals surface area contributed by atoms with Gasteiger partial charge in [-0.25, -0.2) is 4.68 Å². The summed E-state index contributed by atoms with van der Waals surface area (Å²) in [5, 5.41) is 8.83. The third kappa shape index (κ3) is 2.48. The topological polar surface area (TPSA) is 68.9 Å². The zero-order chi connectivity index (χ0) is 17.4. The van der Waals surface area contributed by atoms with E-state index in [0.29, 0.717) is 5.52 Å². The molecule has 0 saturated carbocycles. The van der Waals surface area contributed by atoms with Crippen molar-refractivity contribution in [3.05, 3.63) is 40.8 Å². The molecule has 6 heteroatoms. The normalized spacial score (nSPS) is 14.0. The summed E-state index contributed by atoms with van der Waals surface area (Å²) in [6.45, 7) is 5.82. The van der Waals surface area contributed by atoms with Gasteiger partial charge >= 0.3 is 0 Å². The van der Waals surface area contributed by atoms with Crippen molar-refractivity contribution in [2.45, 2.75) is 39.3 Å². The fourth-order valence-electron chi connectivity index (χ4n) is 2.97. The quantitative estimate of drug-likeness (QED) is 0.800. The minimum Gasteiger partial charge on any atom is -0.352 e. The Labute approximate surface area is 140 Å². The maximum atomic E-state index is 12.7. The Kier molecular flexibility index (Phi) is 4.13. The molecule has 1 N–H and O–H groups in total. The van der Waals surface area contributed by atoms with Gasteiger partial charge in [0.2, 0.25) is 5.91 Å². The Morgan fingerprint density at radius 1 is 1.25 bits per heavy atom. The monoisotopic (exact) mass is 326 g/mol. The number of rotatable bonds is 4. The standard InChI is InChI=1S/C18H22N4O2/c1-5-11(2)20-17(23)12(3)22-15-9-7-6-8-13(15)14-10-19-21(4)18(24)16(14)22/h6-12H,5H2,1-4H3,(H,20,23)/t11-,12+/m1/s1. The van der Waals surface area contributed by atoms with E-state index in [9.17, 15) is 9.59 Å². The fourth-order valence-corrected chi connectivity index (χ4v) is 2.97. The molecule has 0 spiro atoms. The summed E-state index contributed by atoms with van der Waals surface area (Å²) < 4.78 is 3.13. The molecule has 1 aromatic carbocycles. The number of aromatic nitrogens is 3. The van der Waals surface area contributed by atoms with Gasteiger partial charge in [-0.15, -0.1) is 0 Å². The molecule has 2 heterocycles. The number of aryl methyl sites for hydroxylation is 1. The Morgan fingerprint density at radius 3 is 2.67 bits per heavy atom. The predicted molar refractivity (Wildman–Crippen MR) is 95.1 cm³/mol. The van der Waals surface area contributed by atoms with Gasteiger partial charge in [-0.2, -0.15) is 5.10 Å². The van der Waals surface area contributed by atoms with Crippen LogP contribution in [0, 0.1) is 0 Å². The van der Waals surface area contributed by atoms with Crippen LogP contribution in [0.25, 0.3) is 21.8 Å². The number of nitrogens with zero attached hydrogens (tertiary/aromatic N) is 3. The molecule has 1 amide bonds. The number of fused-ring (bicyclic) bond motifs is 3. The van der Waals surface area contributed by atoms with Crippen LogP contribution in [0.1, 0.15) is 33.2 Å². The Bertz CT molecular complexity index is 970. The summed E-state index contributed by atoms with van der Waals surface area (Å²) in [6, 6.07) is 7.33. The van der Waals surface area contributed by atoms with Gasteiger partial charge in [0.05, 0.1) is 11.7 Å². The first-order chi connectivity index (χ1) is 11.5. The number of amides is 1. The highest BCUT2D eigenvalue weighted by molar-refractivity contribution is 6.08. The number of benzene rings is 1. The second-order valence-corrected chi connectivity index (χ2v) is 6.22. The number of hydrogen-bond acceptors (Lipinski definition) is 3. The molecule has 24 heavy (non-hydrogen) atoms. The van der Waals surface area contributed by atoms with Crippen LogP contribution in [0.2, 0.25) is 0 Å². The second-order valence-electron chi connectivity index (χ2n) is 6.22. The number of para-hydroxylation sites is 1. The van der Waals surface area contributed by atoms with Crippen molar-refractivity contribution < 1.29 is 4.79 Å². The summed E-state index contributed by atoms with van der Waals surface area (Å²) in [5.41, 5.74) is 1.18. The molecule has 0 saturated heterocycles. The molecule has 6 nitrogen and oxygen atoms in total. The molecule has 0 aliphatic carbocycles. The van der Waals surface area contributed by atoms with Crippen molar-refractivity contribution in [2.24, 2.45) is 7.05 Å². The van der Waals surface area contributed by atoms with Gasteiger partial charge in [0.1, 0.15) is 11.6 Å². The lowest BCUT2D eigenvalue weighted by Crippen LogP contribution is -2.37. The molecular formula is C18H22N4O2. The van der Waals surface area contributed by atoms with Crippen molar-refractivity contribution in [3.63, 3.8) is 0 Å². The van der Waals surface area contributed by atoms with Gasteiger partial charge in [0.15, 0.2) is 0 Å². The van der Waals surface area contributed by atoms with Crippen molar-refractivity contribution in [1.82, 2.24) is 19.7 Å². The summed E-state index contributed by atoms with van der Waals surface area (Å²) >= 11 is 0. The minimum absolute atomic E-state index is 0.0918. The largest absolute Gasteiger partial charge is 0.352 e. The first-order valence-electron chi connectivity index (χ1n) is 8.21. The first-order valence-corrected chi connectivity index (χ1v) is 8.21. The van der Waals surface area contributed by atoms with Gasteiger partial charge in [0.25, 0.3) is 5.56 Å². The highest BCUT2D eigenvalue weighted by Crippen LogP contribution is 2.29. The van der Waals surface area contributed by atoms with Gasteiger partial charge in [-0.3, -0.25) is 9.59 Å². The summed E-state index contributed by atoms with van der Waals surface area (Å²) in [5.74, 6) is -0.0918. The zero-order valence-corrected chi connectivity index (χ0v) is 14.4. The van der Waals surface area contributed by atoms with Crippen molar-refractivity contribution in [1.29, 1.82) is 0 Å². The van der Waals surface area contributed by atoms with Crippen molar-refractivity contribution >= 4 is 27.7 Å². The minimum atomic E-state index is -0.489. The lowest BCUT2D eigenvalue weighted by atomic mass is 10.2. The van der Waals surface area contributed by atoms with E-state index in [2.05, 4.69) is 10.4 Å². The maximum Gasteiger partial charge on any atom is 0.291 e. The van der Waals surface area contributed by atoms with Crippen LogP contribution in [-0.2, 0) is 11.8 Å². The Balaban J connectivity index is 2.27. The SMILES string of the molecule is CC[C@@H](C)NC(=O)[C@H](C)n1c2ccccc2c2cnn(C)c(=O)c21. The van der Waals surface area contributed by atoms with Gasteiger partial charge < -0.3 is 9.88 Å². The van der Waals surface area contributed by atoms with Crippen LogP contribution in [0.4, 0.5) is 0 Å². The molecule has 3 aromatic rings. The van der Waals surface area contributed by atoms with E-state index in [0.717, 1.165) is 22.7 Å². The molecule has 3 rings (SSSR count). The van der Waals surface area contributed by atoms with E-state index in [-0.39, 0.29) is 17.5 Å². The van der Waals surface area contributed by atoms with Crippen molar-refractivity contribution in [2.75, 3.05) is 0 Å². The lowest BCUT2D eigenvalue weighted by molar-refractivity contribution is -0.124. The van der Waals surface area contributed by atoms with E-state index < -0.39 is 6.04 Å². The molecule has 0 aliphatic rings. The van der Waals surface area contributed by atoms with E-state index in [1.54, 1.807) is 13.2 Å². The zero-order valence-electron chi connectivity index (χ0n) is 14.4. The molecule has 0 aliphatic heterocycles. The van der Waals surface area contributed by atoms with Crippen LogP contribution in [0.5, 0.6) is 0 Å². The molecule has 2 aromatic heterocycles. The average molecular weight is 326 g/mol. The maximum absolute atomic E-state index is 12.7. The Morgan fingerprint density at radius 2 is 1.96 bits per heavy atom. The molecular weight excluding hydrogens is 304 g/mol. The van der Waals surface area contributed by atoms with E-state index >= 15 is 0 Å². The molecule has 0 fully saturated rings. The summed E-state index contributed by atoms with van der Waals surface area (Å²) in [7, 11) is 1.62. The highest BCUT2D eigenvalue weighted by atomic mass is 16.2. The molecule has 2 atom stereocenters. The third-order valence-corrected chi connectivity index (χ3v) is 4.57. The average Bonchev–Trinajstić information content (AvgIpc) is 2.92. The van der Waals surface area contributed by atoms with Crippen LogP contribution >= 0.6 is 0 Å². The summed E-state index contributed by atoms with van der Waals surface area (Å²) in [4.78, 5) is 25.3. The highest BCUT2D eigenvalue weighted by Gasteiger charge is 2.23. The summed E-state index contributed by atoms with van der Waals surface area (Å²) in [6.07, 6.45) is 2.55. The first kappa shape index (κ1) is 16.2. The number of carbonyl (C=O) groups excluding carboxylic acids is 1. The molecule has 126 valence electrons. The van der Waals surface area contributed by atoms with E-state index in [1.165, 1.54) is 4.68 Å². The number of nitrogens with one attached hydrogen (secondary N) is 1. The number of carbonyl (C=O) groups is 1. The predicted octanol–water partition coefficient (Wildman–Crippen LogP) is 2.36. The van der Waals surface area contributed by atoms with Crippen LogP contribution in [0.15, 0.2) is 35.3 Å². The third-order valence-electron chi connectivity index (χ3n) is 4.57. The smallest absolute Gasteiger partial charge is 0.291 e. The van der Waals surface area contributed by atoms with Crippen LogP contribution in [0.3, 0.4) is 0 Å². The van der Waals surface area contributed by atoms with Gasteiger partial charge in [0, 0.05) is 23.9 Å². The van der Waals surface area contributed by atoms with Crippen LogP contribution in [-0.4, -0.2) is 26.3 Å². The lowest BCUT2D eigenvalue weighted by Gasteiger charge is -2.19.